The summed E-state index contributed by atoms with van der Waals surface area (Å²) in [6, 6.07) is 0. The molecule has 0 aromatic rings. The van der Waals surface area contributed by atoms with Crippen LogP contribution in [0.25, 0.3) is 0 Å². The minimum Gasteiger partial charge on any atom is -0.464 e. The minimum atomic E-state index is -0.564. The molecule has 1 aliphatic heterocycles. The van der Waals surface area contributed by atoms with Crippen LogP contribution in [0.1, 0.15) is 62.3 Å². The average molecular weight is 446 g/mol. The van der Waals surface area contributed by atoms with Gasteiger partial charge in [0.15, 0.2) is 0 Å². The topological polar surface area (TPSA) is 90.0 Å². The Labute approximate surface area is 185 Å². The Balaban J connectivity index is 0.00000841. The molecule has 1 aliphatic rings. The third-order valence-corrected chi connectivity index (χ3v) is 6.91. The summed E-state index contributed by atoms with van der Waals surface area (Å²) >= 11 is 1.31. The van der Waals surface area contributed by atoms with Crippen molar-refractivity contribution in [3.8, 4) is 0 Å². The van der Waals surface area contributed by atoms with Crippen molar-refractivity contribution in [2.75, 3.05) is 25.5 Å². The van der Waals surface area contributed by atoms with Crippen LogP contribution in [0.2, 0.25) is 0 Å². The van der Waals surface area contributed by atoms with Gasteiger partial charge in [-0.1, -0.05) is 42.0 Å². The second-order valence-corrected chi connectivity index (χ2v) is 9.97. The fourth-order valence-electron chi connectivity index (χ4n) is 2.41. The van der Waals surface area contributed by atoms with Crippen LogP contribution in [0.5, 0.6) is 0 Å². The van der Waals surface area contributed by atoms with Gasteiger partial charge in [0.25, 0.3) is 0 Å². The van der Waals surface area contributed by atoms with Gasteiger partial charge in [0.2, 0.25) is 11.8 Å². The zero-order valence-electron chi connectivity index (χ0n) is 18.6. The number of imide groups is 1. The first kappa shape index (κ1) is 28.4. The number of esters is 2. The Hall–Kier alpha value is -1.57. The summed E-state index contributed by atoms with van der Waals surface area (Å²) in [5.74, 6) is -0.594. The Bertz CT molecular complexity index is 617. The summed E-state index contributed by atoms with van der Waals surface area (Å²) in [6.45, 7) is 13.6. The summed E-state index contributed by atoms with van der Waals surface area (Å²) in [5, 5.41) is -0.482. The van der Waals surface area contributed by atoms with E-state index in [1.165, 1.54) is 11.8 Å². The summed E-state index contributed by atoms with van der Waals surface area (Å²) in [7, 11) is 0. The van der Waals surface area contributed by atoms with Gasteiger partial charge in [-0.2, -0.15) is 0 Å². The highest BCUT2D eigenvalue weighted by atomic mass is 32.2. The van der Waals surface area contributed by atoms with Crippen LogP contribution in [0, 0.1) is 23.2 Å². The fraction of sp³-hybridized carbons (Fsp3) is 0.818. The number of carbonyl (C=O) groups is 4. The molecule has 1 heterocycles. The first-order chi connectivity index (χ1) is 13.4. The van der Waals surface area contributed by atoms with E-state index in [9.17, 15) is 19.2 Å². The van der Waals surface area contributed by atoms with Crippen molar-refractivity contribution < 1.29 is 28.7 Å². The molecule has 0 radical (unpaired) electrons. The first-order valence-corrected chi connectivity index (χ1v) is 11.2. The van der Waals surface area contributed by atoms with E-state index in [-0.39, 0.29) is 75.1 Å². The highest BCUT2D eigenvalue weighted by Crippen LogP contribution is 2.28. The second kappa shape index (κ2) is 12.3. The van der Waals surface area contributed by atoms with Crippen molar-refractivity contribution in [2.45, 2.75) is 67.6 Å². The van der Waals surface area contributed by atoms with Crippen molar-refractivity contribution >= 4 is 35.5 Å². The molecule has 0 aromatic carbocycles. The number of thioether (sulfide) groups is 1. The van der Waals surface area contributed by atoms with Gasteiger partial charge in [0, 0.05) is 12.2 Å². The van der Waals surface area contributed by atoms with Crippen LogP contribution in [0.4, 0.5) is 0 Å². The van der Waals surface area contributed by atoms with Crippen molar-refractivity contribution in [1.82, 2.24) is 4.90 Å². The predicted octanol–water partition coefficient (Wildman–Crippen LogP) is 3.54. The molecular formula is C22H39NO6S. The molecule has 0 spiro atoms. The maximum atomic E-state index is 12.4. The zero-order valence-corrected chi connectivity index (χ0v) is 19.5. The lowest BCUT2D eigenvalue weighted by molar-refractivity contribution is -0.155. The monoisotopic (exact) mass is 445 g/mol. The standard InChI is InChI=1S/C21H35NO6S.CH4/c1-13(2)15(5)19(25)27-9-8-22-17(23)12-16(18(22)24)29-11-10-28-20(26)21(6,7)14(3)4;/h13-16H,8-12H2,1-7H3;1H4. The third-order valence-electron chi connectivity index (χ3n) is 5.74. The first-order valence-electron chi connectivity index (χ1n) is 10.2. The third kappa shape index (κ3) is 7.60. The minimum absolute atomic E-state index is 0. The van der Waals surface area contributed by atoms with Gasteiger partial charge in [-0.05, 0) is 25.7 Å². The van der Waals surface area contributed by atoms with Crippen LogP contribution in [-0.4, -0.2) is 59.4 Å². The molecule has 2 atom stereocenters. The molecule has 2 amide bonds. The second-order valence-electron chi connectivity index (χ2n) is 8.66. The molecule has 0 saturated carbocycles. The largest absolute Gasteiger partial charge is 0.464 e. The van der Waals surface area contributed by atoms with Gasteiger partial charge in [-0.15, -0.1) is 11.8 Å². The molecule has 0 aromatic heterocycles. The predicted molar refractivity (Wildman–Crippen MR) is 119 cm³/mol. The average Bonchev–Trinajstić information content (AvgIpc) is 2.91. The van der Waals surface area contributed by atoms with E-state index in [2.05, 4.69) is 0 Å². The van der Waals surface area contributed by atoms with Gasteiger partial charge in [-0.25, -0.2) is 0 Å². The number of hydrogen-bond acceptors (Lipinski definition) is 7. The Morgan fingerprint density at radius 1 is 1.10 bits per heavy atom. The molecule has 8 heteroatoms. The Morgan fingerprint density at radius 3 is 2.23 bits per heavy atom. The molecule has 1 fully saturated rings. The molecule has 1 rings (SSSR count). The van der Waals surface area contributed by atoms with Crippen LogP contribution in [-0.2, 0) is 28.7 Å². The molecule has 0 N–H and O–H groups in total. The van der Waals surface area contributed by atoms with Gasteiger partial charge in [-0.3, -0.25) is 24.1 Å². The van der Waals surface area contributed by atoms with E-state index in [0.717, 1.165) is 4.90 Å². The highest BCUT2D eigenvalue weighted by molar-refractivity contribution is 8.00. The van der Waals surface area contributed by atoms with Crippen LogP contribution < -0.4 is 0 Å². The smallest absolute Gasteiger partial charge is 0.311 e. The van der Waals surface area contributed by atoms with Crippen molar-refractivity contribution in [2.24, 2.45) is 23.2 Å². The highest BCUT2D eigenvalue weighted by Gasteiger charge is 2.39. The van der Waals surface area contributed by atoms with E-state index in [1.54, 1.807) is 6.92 Å². The lowest BCUT2D eigenvalue weighted by Gasteiger charge is -2.26. The van der Waals surface area contributed by atoms with Gasteiger partial charge >= 0.3 is 11.9 Å². The summed E-state index contributed by atoms with van der Waals surface area (Å²) in [4.78, 5) is 49.7. The number of hydrogen-bond donors (Lipinski definition) is 0. The van der Waals surface area contributed by atoms with E-state index >= 15 is 0 Å². The molecule has 30 heavy (non-hydrogen) atoms. The maximum absolute atomic E-state index is 12.4. The van der Waals surface area contributed by atoms with Crippen molar-refractivity contribution in [3.63, 3.8) is 0 Å². The quantitative estimate of drug-likeness (QED) is 0.273. The van der Waals surface area contributed by atoms with Crippen molar-refractivity contribution in [1.29, 1.82) is 0 Å². The molecule has 0 bridgehead atoms. The number of nitrogens with zero attached hydrogens (tertiary/aromatic N) is 1. The molecule has 174 valence electrons. The van der Waals surface area contributed by atoms with E-state index < -0.39 is 10.7 Å². The van der Waals surface area contributed by atoms with Crippen LogP contribution in [0.15, 0.2) is 0 Å². The van der Waals surface area contributed by atoms with Crippen LogP contribution in [0.3, 0.4) is 0 Å². The van der Waals surface area contributed by atoms with Crippen LogP contribution >= 0.6 is 11.8 Å². The van der Waals surface area contributed by atoms with Gasteiger partial charge in [0.05, 0.1) is 23.1 Å². The number of ether oxygens (including phenoxy) is 2. The van der Waals surface area contributed by atoms with E-state index in [0.29, 0.717) is 5.75 Å². The summed E-state index contributed by atoms with van der Waals surface area (Å²) in [6.07, 6.45) is 0.116. The van der Waals surface area contributed by atoms with Gasteiger partial charge in [0.1, 0.15) is 13.2 Å². The normalized spacial score (nSPS) is 17.9. The Morgan fingerprint density at radius 2 is 1.70 bits per heavy atom. The molecule has 0 aliphatic carbocycles. The SMILES string of the molecule is C.CC(C)C(C)C(=O)OCCN1C(=O)CC(SCCOC(=O)C(C)(C)C(C)C)C1=O. The summed E-state index contributed by atoms with van der Waals surface area (Å²) < 4.78 is 10.5. The number of rotatable bonds is 11. The van der Waals surface area contributed by atoms with E-state index in [1.807, 2.05) is 41.5 Å². The molecule has 2 unspecified atom stereocenters. The van der Waals surface area contributed by atoms with Gasteiger partial charge < -0.3 is 9.47 Å². The lowest BCUT2D eigenvalue weighted by atomic mass is 9.81. The number of amides is 2. The van der Waals surface area contributed by atoms with Crippen molar-refractivity contribution in [3.05, 3.63) is 0 Å². The number of carbonyl (C=O) groups excluding carboxylic acids is 4. The summed E-state index contributed by atoms with van der Waals surface area (Å²) in [5.41, 5.74) is -0.564. The fourth-order valence-corrected chi connectivity index (χ4v) is 3.40. The molecule has 1 saturated heterocycles. The molecular weight excluding hydrogens is 406 g/mol. The van der Waals surface area contributed by atoms with E-state index in [4.69, 9.17) is 9.47 Å². The lowest BCUT2D eigenvalue weighted by Crippen LogP contribution is -2.35. The number of likely N-dealkylation sites (tertiary alicyclic amines) is 1. The zero-order chi connectivity index (χ0) is 22.4. The maximum Gasteiger partial charge on any atom is 0.311 e. The molecule has 7 nitrogen and oxygen atoms in total. The Kier molecular flexibility index (Phi) is 11.7.